The molecule has 1 N–H and O–H groups in total. The molecular weight excluding hydrogens is 656 g/mol. The highest BCUT2D eigenvalue weighted by Gasteiger charge is 2.48. The SMILES string of the molecule is COc1ccc2c(=O)c3c(oc2c1OC)C(=O)c1ccc2c(OC4OC(C)C(OC)C(OC)C4OC)c4c(c(O)c2c1C3=O)C(=O)OC(C)C4. The molecule has 7 rings (SSSR count). The fourth-order valence-corrected chi connectivity index (χ4v) is 7.34. The maximum absolute atomic E-state index is 14.4. The Hall–Kier alpha value is -5.02. The highest BCUT2D eigenvalue weighted by atomic mass is 16.7. The summed E-state index contributed by atoms with van der Waals surface area (Å²) in [4.78, 5) is 55.9. The zero-order chi connectivity index (χ0) is 35.8. The predicted octanol–water partition coefficient (Wildman–Crippen LogP) is 3.71. The molecule has 0 bridgehead atoms. The normalized spacial score (nSPS) is 24.4. The number of cyclic esters (lactones) is 1. The Labute approximate surface area is 284 Å². The Morgan fingerprint density at radius 1 is 0.760 bits per heavy atom. The minimum atomic E-state index is -1.11. The number of hydrogen-bond acceptors (Lipinski definition) is 14. The van der Waals surface area contributed by atoms with Gasteiger partial charge in [-0.1, -0.05) is 0 Å². The van der Waals surface area contributed by atoms with Gasteiger partial charge in [-0.3, -0.25) is 14.4 Å². The number of fused-ring (bicyclic) bond motifs is 6. The first-order valence-corrected chi connectivity index (χ1v) is 15.8. The molecule has 1 fully saturated rings. The number of ketones is 2. The number of phenols is 1. The van der Waals surface area contributed by atoms with Gasteiger partial charge in [-0.05, 0) is 38.1 Å². The topological polar surface area (TPSA) is 175 Å². The van der Waals surface area contributed by atoms with Crippen molar-refractivity contribution in [2.24, 2.45) is 0 Å². The standard InChI is InChI=1S/C36H34O14/c1-13-12-18-22(35(41)47-13)26(39)21-16(29(18)50-36-34(46-7)33(45-6)28(43-4)14(2)48-36)9-8-15-20(21)27(40)23-24(37)17-10-11-19(42-3)31(44-5)30(17)49-32(23)25(15)38/h8-11,13-14,28,33-34,36,39H,12H2,1-7H3. The number of ether oxygens (including phenoxy) is 8. The number of phenolic OH excluding ortho intramolecular Hbond substituents is 1. The lowest BCUT2D eigenvalue weighted by atomic mass is 9.81. The van der Waals surface area contributed by atoms with E-state index in [0.717, 1.165) is 0 Å². The molecule has 262 valence electrons. The van der Waals surface area contributed by atoms with E-state index in [-0.39, 0.29) is 62.1 Å². The van der Waals surface area contributed by atoms with Crippen molar-refractivity contribution in [3.8, 4) is 23.0 Å². The van der Waals surface area contributed by atoms with Gasteiger partial charge in [0.2, 0.25) is 29.0 Å². The van der Waals surface area contributed by atoms with Crippen LogP contribution in [0.5, 0.6) is 23.0 Å². The van der Waals surface area contributed by atoms with Gasteiger partial charge in [-0.25, -0.2) is 4.79 Å². The zero-order valence-corrected chi connectivity index (χ0v) is 28.2. The van der Waals surface area contributed by atoms with Gasteiger partial charge in [0.05, 0.1) is 25.7 Å². The number of methoxy groups -OCH3 is 5. The van der Waals surface area contributed by atoms with E-state index in [4.69, 9.17) is 42.3 Å². The fourth-order valence-electron chi connectivity index (χ4n) is 7.34. The van der Waals surface area contributed by atoms with Crippen molar-refractivity contribution in [1.29, 1.82) is 0 Å². The summed E-state index contributed by atoms with van der Waals surface area (Å²) in [5.74, 6) is -3.26. The fraction of sp³-hybridized carbons (Fsp3) is 0.389. The Morgan fingerprint density at radius 3 is 2.12 bits per heavy atom. The Bertz CT molecular complexity index is 2170. The van der Waals surface area contributed by atoms with E-state index < -0.39 is 76.8 Å². The molecule has 0 saturated carbocycles. The molecule has 0 radical (unpaired) electrons. The molecule has 0 spiro atoms. The number of aromatic hydroxyl groups is 1. The zero-order valence-electron chi connectivity index (χ0n) is 28.2. The molecule has 1 aromatic heterocycles. The molecule has 3 aliphatic rings. The van der Waals surface area contributed by atoms with Crippen LogP contribution in [0, 0.1) is 0 Å². The molecule has 3 aromatic carbocycles. The quantitative estimate of drug-likeness (QED) is 0.245. The van der Waals surface area contributed by atoms with Gasteiger partial charge >= 0.3 is 5.97 Å². The van der Waals surface area contributed by atoms with Crippen LogP contribution in [0.25, 0.3) is 21.7 Å². The van der Waals surface area contributed by atoms with Crippen molar-refractivity contribution in [2.45, 2.75) is 57.1 Å². The second-order valence-corrected chi connectivity index (χ2v) is 12.3. The predicted molar refractivity (Wildman–Crippen MR) is 174 cm³/mol. The smallest absolute Gasteiger partial charge is 0.342 e. The van der Waals surface area contributed by atoms with Crippen molar-refractivity contribution >= 4 is 39.3 Å². The van der Waals surface area contributed by atoms with Crippen LogP contribution in [0.3, 0.4) is 0 Å². The van der Waals surface area contributed by atoms with E-state index >= 15 is 0 Å². The highest BCUT2D eigenvalue weighted by molar-refractivity contribution is 6.33. The third-order valence-electron chi connectivity index (χ3n) is 9.59. The summed E-state index contributed by atoms with van der Waals surface area (Å²) in [6, 6.07) is 5.75. The molecule has 2 aliphatic heterocycles. The first-order valence-electron chi connectivity index (χ1n) is 15.8. The summed E-state index contributed by atoms with van der Waals surface area (Å²) in [5, 5.41) is 11.8. The Balaban J connectivity index is 1.48. The summed E-state index contributed by atoms with van der Waals surface area (Å²) in [5.41, 5.74) is -1.83. The van der Waals surface area contributed by atoms with Crippen LogP contribution in [0.15, 0.2) is 33.5 Å². The molecule has 14 heteroatoms. The Kier molecular flexibility index (Phi) is 8.29. The van der Waals surface area contributed by atoms with E-state index in [1.54, 1.807) is 13.8 Å². The lowest BCUT2D eigenvalue weighted by Crippen LogP contribution is -2.60. The third-order valence-corrected chi connectivity index (χ3v) is 9.59. The first-order chi connectivity index (χ1) is 24.0. The molecule has 4 aromatic rings. The van der Waals surface area contributed by atoms with Crippen LogP contribution in [0.1, 0.15) is 61.8 Å². The number of carbonyl (C=O) groups excluding carboxylic acids is 3. The van der Waals surface area contributed by atoms with Crippen LogP contribution in [-0.2, 0) is 30.1 Å². The molecular formula is C36H34O14. The molecule has 6 unspecified atom stereocenters. The number of rotatable bonds is 7. The van der Waals surface area contributed by atoms with Gasteiger partial charge in [0.1, 0.15) is 47.0 Å². The second-order valence-electron chi connectivity index (χ2n) is 12.3. The number of benzene rings is 3. The second kappa shape index (κ2) is 12.4. The number of hydrogen-bond donors (Lipinski definition) is 1. The van der Waals surface area contributed by atoms with E-state index in [9.17, 15) is 24.3 Å². The summed E-state index contributed by atoms with van der Waals surface area (Å²) < 4.78 is 52.1. The summed E-state index contributed by atoms with van der Waals surface area (Å²) >= 11 is 0. The third kappa shape index (κ3) is 4.70. The minimum Gasteiger partial charge on any atom is -0.506 e. The van der Waals surface area contributed by atoms with E-state index in [1.807, 2.05) is 0 Å². The van der Waals surface area contributed by atoms with Crippen LogP contribution < -0.4 is 19.6 Å². The highest BCUT2D eigenvalue weighted by Crippen LogP contribution is 2.48. The van der Waals surface area contributed by atoms with Crippen molar-refractivity contribution < 1.29 is 61.8 Å². The van der Waals surface area contributed by atoms with Crippen molar-refractivity contribution in [2.75, 3.05) is 35.5 Å². The average Bonchev–Trinajstić information content (AvgIpc) is 3.10. The van der Waals surface area contributed by atoms with Gasteiger partial charge in [-0.2, -0.15) is 0 Å². The van der Waals surface area contributed by atoms with Crippen LogP contribution >= 0.6 is 0 Å². The monoisotopic (exact) mass is 690 g/mol. The molecule has 14 nitrogen and oxygen atoms in total. The summed E-state index contributed by atoms with van der Waals surface area (Å²) in [6.07, 6.45) is -4.05. The molecule has 0 amide bonds. The minimum absolute atomic E-state index is 0.0364. The van der Waals surface area contributed by atoms with E-state index in [0.29, 0.717) is 5.56 Å². The number of esters is 1. The van der Waals surface area contributed by atoms with Crippen molar-refractivity contribution in [1.82, 2.24) is 0 Å². The lowest BCUT2D eigenvalue weighted by Gasteiger charge is -2.44. The maximum atomic E-state index is 14.4. The largest absolute Gasteiger partial charge is 0.506 e. The van der Waals surface area contributed by atoms with Gasteiger partial charge in [-0.15, -0.1) is 0 Å². The average molecular weight is 691 g/mol. The number of carbonyl (C=O) groups is 3. The van der Waals surface area contributed by atoms with Gasteiger partial charge in [0.25, 0.3) is 0 Å². The van der Waals surface area contributed by atoms with Crippen molar-refractivity contribution in [3.63, 3.8) is 0 Å². The van der Waals surface area contributed by atoms with E-state index in [2.05, 4.69) is 0 Å². The van der Waals surface area contributed by atoms with Gasteiger partial charge in [0.15, 0.2) is 17.1 Å². The van der Waals surface area contributed by atoms with Gasteiger partial charge < -0.3 is 47.4 Å². The molecule has 1 saturated heterocycles. The molecule has 1 aliphatic carbocycles. The van der Waals surface area contributed by atoms with Crippen LogP contribution in [0.2, 0.25) is 0 Å². The Morgan fingerprint density at radius 2 is 1.46 bits per heavy atom. The van der Waals surface area contributed by atoms with Crippen molar-refractivity contribution in [3.05, 3.63) is 68.1 Å². The van der Waals surface area contributed by atoms with E-state index in [1.165, 1.54) is 59.8 Å². The molecule has 3 heterocycles. The molecule has 50 heavy (non-hydrogen) atoms. The lowest BCUT2D eigenvalue weighted by molar-refractivity contribution is -0.282. The van der Waals surface area contributed by atoms with Crippen LogP contribution in [-0.4, -0.2) is 95.0 Å². The first kappa shape index (κ1) is 33.5. The van der Waals surface area contributed by atoms with Gasteiger partial charge in [0, 0.05) is 55.2 Å². The summed E-state index contributed by atoms with van der Waals surface area (Å²) in [7, 11) is 7.24. The maximum Gasteiger partial charge on any atom is 0.342 e. The van der Waals surface area contributed by atoms with Crippen LogP contribution in [0.4, 0.5) is 0 Å². The molecule has 6 atom stereocenters. The summed E-state index contributed by atoms with van der Waals surface area (Å²) in [6.45, 7) is 3.47.